The standard InChI is InChI=1S/C28H33F6N3O3/c1-25(2,16-38)35-24(40)37-14-21(17-9-7-6-8-10-17)22(15-37)36(5)23(39)26(3,4)18-11-19(27(29,30)31)13-20(12-18)28(32,33)34/h6-13,21-22,38H,14-16H2,1-5H3,(H,35,40)/t21-,22+/m0/s1. The minimum atomic E-state index is -5.05. The molecule has 3 amide bonds. The molecule has 220 valence electrons. The molecule has 3 rings (SSSR count). The average molecular weight is 574 g/mol. The SMILES string of the molecule is CN(C(=O)C(C)(C)c1cc(C(F)(F)F)cc(C(F)(F)F)c1)[C@@H]1CN(C(=O)NC(C)(C)CO)C[C@H]1c1ccccc1. The van der Waals surface area contributed by atoms with Crippen molar-refractivity contribution in [2.75, 3.05) is 26.7 Å². The van der Waals surface area contributed by atoms with Gasteiger partial charge < -0.3 is 20.2 Å². The summed E-state index contributed by atoms with van der Waals surface area (Å²) >= 11 is 0. The van der Waals surface area contributed by atoms with E-state index in [1.165, 1.54) is 30.7 Å². The fraction of sp³-hybridized carbons (Fsp3) is 0.500. The number of alkyl halides is 6. The largest absolute Gasteiger partial charge is 0.416 e. The van der Waals surface area contributed by atoms with Gasteiger partial charge in [0.15, 0.2) is 0 Å². The number of urea groups is 1. The molecule has 0 saturated carbocycles. The third-order valence-electron chi connectivity index (χ3n) is 7.31. The van der Waals surface area contributed by atoms with Crippen molar-refractivity contribution in [2.24, 2.45) is 0 Å². The zero-order valence-corrected chi connectivity index (χ0v) is 22.8. The molecule has 1 aliphatic rings. The summed E-state index contributed by atoms with van der Waals surface area (Å²) in [4.78, 5) is 29.6. The van der Waals surface area contributed by atoms with E-state index >= 15 is 0 Å². The molecule has 6 nitrogen and oxygen atoms in total. The molecule has 2 aromatic rings. The number of nitrogens with one attached hydrogen (secondary N) is 1. The zero-order valence-electron chi connectivity index (χ0n) is 22.8. The highest BCUT2D eigenvalue weighted by molar-refractivity contribution is 5.88. The van der Waals surface area contributed by atoms with E-state index in [4.69, 9.17) is 0 Å². The van der Waals surface area contributed by atoms with Crippen LogP contribution in [0.25, 0.3) is 0 Å². The van der Waals surface area contributed by atoms with Gasteiger partial charge in [0.1, 0.15) is 0 Å². The summed E-state index contributed by atoms with van der Waals surface area (Å²) in [6.45, 7) is 5.76. The zero-order chi connectivity index (χ0) is 30.3. The maximum absolute atomic E-state index is 13.8. The van der Waals surface area contributed by atoms with Gasteiger partial charge in [0, 0.05) is 26.1 Å². The van der Waals surface area contributed by atoms with Gasteiger partial charge in [0.2, 0.25) is 5.91 Å². The molecule has 2 N–H and O–H groups in total. The van der Waals surface area contributed by atoms with Crippen LogP contribution in [0.15, 0.2) is 48.5 Å². The molecule has 0 radical (unpaired) electrons. The lowest BCUT2D eigenvalue weighted by Gasteiger charge is -2.36. The van der Waals surface area contributed by atoms with E-state index in [0.717, 1.165) is 5.56 Å². The molecule has 2 atom stereocenters. The highest BCUT2D eigenvalue weighted by Crippen LogP contribution is 2.40. The van der Waals surface area contributed by atoms with Crippen molar-refractivity contribution < 1.29 is 41.0 Å². The highest BCUT2D eigenvalue weighted by Gasteiger charge is 2.45. The van der Waals surface area contributed by atoms with Crippen molar-refractivity contribution in [3.05, 3.63) is 70.8 Å². The summed E-state index contributed by atoms with van der Waals surface area (Å²) < 4.78 is 81.1. The predicted octanol–water partition coefficient (Wildman–Crippen LogP) is 5.41. The Hall–Kier alpha value is -3.28. The van der Waals surface area contributed by atoms with Crippen LogP contribution in [0.5, 0.6) is 0 Å². The van der Waals surface area contributed by atoms with Crippen molar-refractivity contribution in [1.82, 2.24) is 15.1 Å². The third kappa shape index (κ3) is 6.71. The monoisotopic (exact) mass is 573 g/mol. The number of benzene rings is 2. The number of hydrogen-bond donors (Lipinski definition) is 2. The molecule has 1 saturated heterocycles. The maximum Gasteiger partial charge on any atom is 0.416 e. The van der Waals surface area contributed by atoms with Gasteiger partial charge in [-0.1, -0.05) is 30.3 Å². The smallest absolute Gasteiger partial charge is 0.394 e. The topological polar surface area (TPSA) is 72.9 Å². The first-order valence-corrected chi connectivity index (χ1v) is 12.6. The number of halogens is 6. The van der Waals surface area contributed by atoms with E-state index in [-0.39, 0.29) is 31.7 Å². The quantitative estimate of drug-likeness (QED) is 0.454. The molecule has 1 fully saturated rings. The van der Waals surface area contributed by atoms with Crippen molar-refractivity contribution in [3.63, 3.8) is 0 Å². The summed E-state index contributed by atoms with van der Waals surface area (Å²) in [7, 11) is 1.43. The third-order valence-corrected chi connectivity index (χ3v) is 7.31. The van der Waals surface area contributed by atoms with E-state index in [2.05, 4.69) is 5.32 Å². The Kier molecular flexibility index (Phi) is 8.55. The van der Waals surface area contributed by atoms with Gasteiger partial charge >= 0.3 is 18.4 Å². The number of likely N-dealkylation sites (N-methyl/N-ethyl adjacent to an activating group) is 1. The Balaban J connectivity index is 1.99. The van der Waals surface area contributed by atoms with Crippen LogP contribution in [0.3, 0.4) is 0 Å². The van der Waals surface area contributed by atoms with Crippen LogP contribution in [0.4, 0.5) is 31.1 Å². The maximum atomic E-state index is 13.8. The molecular formula is C28H33F6N3O3. The first kappa shape index (κ1) is 31.3. The van der Waals surface area contributed by atoms with Gasteiger partial charge in [0.05, 0.1) is 34.7 Å². The fourth-order valence-corrected chi connectivity index (χ4v) is 4.81. The lowest BCUT2D eigenvalue weighted by Crippen LogP contribution is -2.52. The Labute approximate surface area is 229 Å². The molecular weight excluding hydrogens is 540 g/mol. The van der Waals surface area contributed by atoms with Crippen LogP contribution >= 0.6 is 0 Å². The highest BCUT2D eigenvalue weighted by atomic mass is 19.4. The molecule has 0 bridgehead atoms. The number of nitrogens with zero attached hydrogens (tertiary/aromatic N) is 2. The minimum Gasteiger partial charge on any atom is -0.394 e. The average Bonchev–Trinajstić information content (AvgIpc) is 3.32. The van der Waals surface area contributed by atoms with Gasteiger partial charge in [-0.15, -0.1) is 0 Å². The number of aliphatic hydroxyl groups excluding tert-OH is 1. The molecule has 12 heteroatoms. The summed E-state index contributed by atoms with van der Waals surface area (Å²) in [6.07, 6.45) is -10.1. The summed E-state index contributed by atoms with van der Waals surface area (Å²) in [6, 6.07) is 9.08. The molecule has 1 heterocycles. The minimum absolute atomic E-state index is 0.0283. The van der Waals surface area contributed by atoms with E-state index in [1.54, 1.807) is 32.0 Å². The number of likely N-dealkylation sites (tertiary alicyclic amines) is 1. The number of carbonyl (C=O) groups excluding carboxylic acids is 2. The molecule has 0 unspecified atom stereocenters. The summed E-state index contributed by atoms with van der Waals surface area (Å²) in [5.74, 6) is -1.09. The second kappa shape index (κ2) is 10.9. The predicted molar refractivity (Wildman–Crippen MR) is 136 cm³/mol. The fourth-order valence-electron chi connectivity index (χ4n) is 4.81. The van der Waals surface area contributed by atoms with Gasteiger partial charge in [-0.3, -0.25) is 4.79 Å². The Morgan fingerprint density at radius 1 is 0.900 bits per heavy atom. The number of aliphatic hydroxyl groups is 1. The van der Waals surface area contributed by atoms with Crippen molar-refractivity contribution in [3.8, 4) is 0 Å². The number of hydrogen-bond acceptors (Lipinski definition) is 3. The molecule has 0 aliphatic carbocycles. The molecule has 40 heavy (non-hydrogen) atoms. The van der Waals surface area contributed by atoms with Crippen molar-refractivity contribution in [2.45, 2.75) is 63.0 Å². The van der Waals surface area contributed by atoms with E-state index in [1.807, 2.05) is 12.1 Å². The van der Waals surface area contributed by atoms with Crippen molar-refractivity contribution >= 4 is 11.9 Å². The number of amides is 3. The summed E-state index contributed by atoms with van der Waals surface area (Å²) in [5, 5.41) is 12.3. The first-order valence-electron chi connectivity index (χ1n) is 12.6. The van der Waals surface area contributed by atoms with Gasteiger partial charge in [-0.2, -0.15) is 26.3 Å². The lowest BCUT2D eigenvalue weighted by molar-refractivity contribution is -0.144. The number of carbonyl (C=O) groups is 2. The number of rotatable bonds is 6. The second-order valence-electron chi connectivity index (χ2n) is 11.3. The Morgan fingerprint density at radius 2 is 1.40 bits per heavy atom. The first-order chi connectivity index (χ1) is 18.3. The van der Waals surface area contributed by atoms with Crippen LogP contribution < -0.4 is 5.32 Å². The molecule has 0 spiro atoms. The van der Waals surface area contributed by atoms with Crippen LogP contribution in [0, 0.1) is 0 Å². The van der Waals surface area contributed by atoms with Gasteiger partial charge in [-0.25, -0.2) is 4.79 Å². The van der Waals surface area contributed by atoms with Crippen LogP contribution in [0.2, 0.25) is 0 Å². The van der Waals surface area contributed by atoms with E-state index in [0.29, 0.717) is 12.1 Å². The van der Waals surface area contributed by atoms with Crippen LogP contribution in [-0.2, 0) is 22.6 Å². The normalized spacial score (nSPS) is 18.6. The lowest BCUT2D eigenvalue weighted by atomic mass is 9.80. The second-order valence-corrected chi connectivity index (χ2v) is 11.3. The Bertz CT molecular complexity index is 1200. The molecule has 0 aromatic heterocycles. The van der Waals surface area contributed by atoms with E-state index in [9.17, 15) is 41.0 Å². The van der Waals surface area contributed by atoms with Gasteiger partial charge in [0.25, 0.3) is 0 Å². The summed E-state index contributed by atoms with van der Waals surface area (Å²) in [5.41, 5.74) is -5.32. The van der Waals surface area contributed by atoms with Crippen LogP contribution in [-0.4, -0.2) is 65.2 Å². The Morgan fingerprint density at radius 3 is 1.88 bits per heavy atom. The van der Waals surface area contributed by atoms with Crippen LogP contribution in [0.1, 0.15) is 55.9 Å². The van der Waals surface area contributed by atoms with Gasteiger partial charge in [-0.05, 0) is 57.0 Å². The molecule has 2 aromatic carbocycles. The molecule has 1 aliphatic heterocycles. The van der Waals surface area contributed by atoms with Crippen molar-refractivity contribution in [1.29, 1.82) is 0 Å². The van der Waals surface area contributed by atoms with E-state index < -0.39 is 58.0 Å².